The topological polar surface area (TPSA) is 24.3 Å². The molecule has 0 amide bonds. The maximum absolute atomic E-state index is 4.51. The van der Waals surface area contributed by atoms with Crippen molar-refractivity contribution in [3.63, 3.8) is 0 Å². The first-order valence-electron chi connectivity index (χ1n) is 5.27. The number of fused-ring (bicyclic) bond motifs is 1. The van der Waals surface area contributed by atoms with E-state index in [1.807, 2.05) is 6.20 Å². The molecule has 1 aliphatic rings. The predicted octanol–water partition coefficient (Wildman–Crippen LogP) is -0.114. The summed E-state index contributed by atoms with van der Waals surface area (Å²) < 4.78 is 4.76. The van der Waals surface area contributed by atoms with Crippen LogP contribution in [-0.4, -0.2) is 67.4 Å². The number of nitrogens with zero attached hydrogens (tertiary/aromatic N) is 4. The molecule has 0 saturated carbocycles. The van der Waals surface area contributed by atoms with Crippen LogP contribution >= 0.6 is 0 Å². The van der Waals surface area contributed by atoms with Gasteiger partial charge in [0.1, 0.15) is 0 Å². The molecule has 1 aromatic heterocycles. The molecular weight excluding hydrogens is 304 g/mol. The van der Waals surface area contributed by atoms with E-state index in [-0.39, 0.29) is 0 Å². The first-order valence-corrected chi connectivity index (χ1v) is 6.31. The van der Waals surface area contributed by atoms with E-state index in [2.05, 4.69) is 54.3 Å². The minimum absolute atomic E-state index is 0.984. The first-order chi connectivity index (χ1) is 7.16. The zero-order valence-corrected chi connectivity index (χ0v) is 11.6. The molecule has 1 aliphatic heterocycles. The Morgan fingerprint density at radius 2 is 2.20 bits per heavy atom. The van der Waals surface area contributed by atoms with Gasteiger partial charge in [-0.2, -0.15) is 0 Å². The second kappa shape index (κ2) is 4.84. The van der Waals surface area contributed by atoms with Gasteiger partial charge >= 0.3 is 105 Å². The molecule has 1 radical (unpaired) electrons. The number of imidazole rings is 1. The van der Waals surface area contributed by atoms with E-state index >= 15 is 0 Å². The van der Waals surface area contributed by atoms with Gasteiger partial charge in [-0.15, -0.1) is 0 Å². The Balaban J connectivity index is 2.18. The molecule has 0 atom stereocenters. The minimum atomic E-state index is 0.984. The Morgan fingerprint density at radius 3 is 2.93 bits per heavy atom. The Hall–Kier alpha value is -0.0804. The molecule has 2 rings (SSSR count). The van der Waals surface area contributed by atoms with Crippen molar-refractivity contribution >= 4 is 22.6 Å². The number of rotatable bonds is 2. The summed E-state index contributed by atoms with van der Waals surface area (Å²) in [4.78, 5) is 6.71. The van der Waals surface area contributed by atoms with Gasteiger partial charge < -0.3 is 0 Å². The zero-order valence-electron chi connectivity index (χ0n) is 9.31. The molecule has 0 spiro atoms. The van der Waals surface area contributed by atoms with Crippen LogP contribution in [0.15, 0.2) is 6.20 Å². The van der Waals surface area contributed by atoms with Gasteiger partial charge in [0, 0.05) is 0 Å². The van der Waals surface area contributed by atoms with Gasteiger partial charge in [-0.1, -0.05) is 0 Å². The van der Waals surface area contributed by atoms with Crippen LogP contribution < -0.4 is 0 Å². The molecule has 1 aromatic rings. The summed E-state index contributed by atoms with van der Waals surface area (Å²) in [6.45, 7) is 4.33. The van der Waals surface area contributed by atoms with Gasteiger partial charge in [0.05, 0.1) is 0 Å². The Kier molecular flexibility index (Phi) is 3.68. The second-order valence-corrected chi connectivity index (χ2v) is 5.71. The SMILES string of the molecule is CN(C)Cc1cnc2n1CCN([Te])CC2. The summed E-state index contributed by atoms with van der Waals surface area (Å²) in [6.07, 6.45) is 3.11. The van der Waals surface area contributed by atoms with Crippen LogP contribution in [0.5, 0.6) is 0 Å². The molecule has 0 unspecified atom stereocenters. The van der Waals surface area contributed by atoms with Crippen LogP contribution in [0.25, 0.3) is 0 Å². The Morgan fingerprint density at radius 1 is 1.40 bits per heavy atom. The number of aromatic nitrogens is 2. The van der Waals surface area contributed by atoms with Crippen molar-refractivity contribution in [3.05, 3.63) is 17.7 Å². The third-order valence-electron chi connectivity index (χ3n) is 2.66. The normalized spacial score (nSPS) is 17.9. The van der Waals surface area contributed by atoms with E-state index in [1.54, 1.807) is 0 Å². The molecular formula is C10H17N4Te. The summed E-state index contributed by atoms with van der Waals surface area (Å²) in [7, 11) is 4.20. The van der Waals surface area contributed by atoms with Gasteiger partial charge in [-0.25, -0.2) is 0 Å². The summed E-state index contributed by atoms with van der Waals surface area (Å²) in [5.74, 6) is 1.25. The van der Waals surface area contributed by atoms with Crippen LogP contribution in [0.3, 0.4) is 0 Å². The number of hydrogen-bond donors (Lipinski definition) is 0. The van der Waals surface area contributed by atoms with Crippen molar-refractivity contribution in [3.8, 4) is 0 Å². The molecule has 83 valence electrons. The molecule has 15 heavy (non-hydrogen) atoms. The van der Waals surface area contributed by atoms with Gasteiger partial charge in [0.15, 0.2) is 0 Å². The third kappa shape index (κ3) is 2.73. The molecule has 0 fully saturated rings. The zero-order chi connectivity index (χ0) is 10.8. The summed E-state index contributed by atoms with van der Waals surface area (Å²) in [5.41, 5.74) is 1.34. The van der Waals surface area contributed by atoms with E-state index in [0.717, 1.165) is 32.6 Å². The molecule has 4 nitrogen and oxygen atoms in total. The first kappa shape index (κ1) is 11.4. The standard InChI is InChI=1S/C10H17N4Te/c1-12(2)8-9-7-11-10-3-4-13(15)5-6-14(9)10/h7H,3-6,8H2,1-2H3. The number of hydrogen-bond acceptors (Lipinski definition) is 3. The van der Waals surface area contributed by atoms with Crippen molar-refractivity contribution in [2.75, 3.05) is 27.2 Å². The Labute approximate surface area is 105 Å². The van der Waals surface area contributed by atoms with E-state index in [9.17, 15) is 0 Å². The van der Waals surface area contributed by atoms with Crippen molar-refractivity contribution in [2.24, 2.45) is 0 Å². The molecule has 0 aliphatic carbocycles. The molecule has 0 bridgehead atoms. The van der Waals surface area contributed by atoms with Crippen molar-refractivity contribution < 1.29 is 0 Å². The fourth-order valence-electron chi connectivity index (χ4n) is 1.92. The molecule has 0 saturated heterocycles. The fourth-order valence-corrected chi connectivity index (χ4v) is 2.42. The average molecular weight is 321 g/mol. The van der Waals surface area contributed by atoms with Gasteiger partial charge in [-0.3, -0.25) is 0 Å². The average Bonchev–Trinajstić information content (AvgIpc) is 2.43. The van der Waals surface area contributed by atoms with Crippen LogP contribution in [-0.2, 0) is 19.5 Å². The van der Waals surface area contributed by atoms with Crippen molar-refractivity contribution in [1.29, 1.82) is 0 Å². The van der Waals surface area contributed by atoms with Crippen LogP contribution in [0.1, 0.15) is 11.5 Å². The second-order valence-electron chi connectivity index (χ2n) is 4.23. The molecule has 5 heteroatoms. The summed E-state index contributed by atoms with van der Waals surface area (Å²) in [6, 6.07) is 0. The van der Waals surface area contributed by atoms with Gasteiger partial charge in [-0.05, 0) is 0 Å². The maximum atomic E-state index is 4.51. The molecule has 2 heterocycles. The van der Waals surface area contributed by atoms with E-state index in [0.29, 0.717) is 0 Å². The molecule has 0 N–H and O–H groups in total. The van der Waals surface area contributed by atoms with Crippen molar-refractivity contribution in [1.82, 2.24) is 17.6 Å². The summed E-state index contributed by atoms with van der Waals surface area (Å²) in [5, 5.41) is 0. The van der Waals surface area contributed by atoms with Gasteiger partial charge in [0.25, 0.3) is 0 Å². The predicted molar refractivity (Wildman–Crippen MR) is 60.6 cm³/mol. The van der Waals surface area contributed by atoms with Gasteiger partial charge in [0.2, 0.25) is 0 Å². The monoisotopic (exact) mass is 323 g/mol. The Bertz CT molecular complexity index is 334. The van der Waals surface area contributed by atoms with E-state index in [1.165, 1.54) is 11.5 Å². The van der Waals surface area contributed by atoms with Crippen LogP contribution in [0.4, 0.5) is 0 Å². The molecule has 0 aromatic carbocycles. The van der Waals surface area contributed by atoms with E-state index in [4.69, 9.17) is 0 Å². The van der Waals surface area contributed by atoms with Crippen molar-refractivity contribution in [2.45, 2.75) is 19.5 Å². The fraction of sp³-hybridized carbons (Fsp3) is 0.700. The third-order valence-corrected chi connectivity index (χ3v) is 3.70. The quantitative estimate of drug-likeness (QED) is 0.711. The van der Waals surface area contributed by atoms with Crippen LogP contribution in [0.2, 0.25) is 0 Å². The summed E-state index contributed by atoms with van der Waals surface area (Å²) >= 11 is 2.11. The van der Waals surface area contributed by atoms with E-state index < -0.39 is 0 Å². The van der Waals surface area contributed by atoms with Crippen LogP contribution in [0, 0.1) is 0 Å².